The minimum atomic E-state index is -0.450. The van der Waals surface area contributed by atoms with Crippen molar-refractivity contribution in [2.75, 3.05) is 33.4 Å². The zero-order valence-electron chi connectivity index (χ0n) is 17.4. The van der Waals surface area contributed by atoms with Crippen molar-refractivity contribution in [2.45, 2.75) is 33.6 Å². The van der Waals surface area contributed by atoms with Crippen LogP contribution in [-0.4, -0.2) is 60.2 Å². The lowest BCUT2D eigenvalue weighted by molar-refractivity contribution is -0.135. The number of thioether (sulfide) groups is 1. The number of hydrogen-bond donors (Lipinski definition) is 0. The molecule has 0 aromatic heterocycles. The van der Waals surface area contributed by atoms with E-state index in [9.17, 15) is 14.4 Å². The highest BCUT2D eigenvalue weighted by molar-refractivity contribution is 8.18. The summed E-state index contributed by atoms with van der Waals surface area (Å²) in [5.74, 6) is 0.497. The van der Waals surface area contributed by atoms with Crippen LogP contribution in [0.15, 0.2) is 23.1 Å². The SMILES string of the molecule is CCCN(CCC)C(=O)CN1C(=O)S/C(=C\c2ccc(OCC)c(OC)c2)C1=O. The summed E-state index contributed by atoms with van der Waals surface area (Å²) >= 11 is 0.841. The number of methoxy groups -OCH3 is 1. The lowest BCUT2D eigenvalue weighted by Crippen LogP contribution is -2.42. The summed E-state index contributed by atoms with van der Waals surface area (Å²) in [6.07, 6.45) is 3.28. The molecule has 0 atom stereocenters. The minimum absolute atomic E-state index is 0.208. The van der Waals surface area contributed by atoms with Crippen molar-refractivity contribution in [2.24, 2.45) is 0 Å². The first-order valence-corrected chi connectivity index (χ1v) is 10.6. The van der Waals surface area contributed by atoms with Gasteiger partial charge in [0, 0.05) is 13.1 Å². The number of amides is 3. The Morgan fingerprint density at radius 3 is 2.41 bits per heavy atom. The summed E-state index contributed by atoms with van der Waals surface area (Å²) < 4.78 is 10.8. The van der Waals surface area contributed by atoms with Crippen LogP contribution >= 0.6 is 11.8 Å². The van der Waals surface area contributed by atoms with Gasteiger partial charge in [-0.2, -0.15) is 0 Å². The number of carbonyl (C=O) groups is 3. The van der Waals surface area contributed by atoms with Crippen molar-refractivity contribution in [3.05, 3.63) is 28.7 Å². The molecular formula is C21H28N2O5S. The van der Waals surface area contributed by atoms with Gasteiger partial charge < -0.3 is 14.4 Å². The monoisotopic (exact) mass is 420 g/mol. The molecule has 1 aliphatic rings. The molecule has 7 nitrogen and oxygen atoms in total. The molecule has 0 unspecified atom stereocenters. The first kappa shape index (κ1) is 22.8. The van der Waals surface area contributed by atoms with Crippen LogP contribution in [0.5, 0.6) is 11.5 Å². The average Bonchev–Trinajstić information content (AvgIpc) is 2.96. The van der Waals surface area contributed by atoms with E-state index in [4.69, 9.17) is 9.47 Å². The van der Waals surface area contributed by atoms with E-state index in [0.717, 1.165) is 29.5 Å². The van der Waals surface area contributed by atoms with Gasteiger partial charge in [-0.05, 0) is 55.3 Å². The molecule has 1 aromatic rings. The molecule has 0 saturated carbocycles. The van der Waals surface area contributed by atoms with Gasteiger partial charge in [0.2, 0.25) is 5.91 Å². The summed E-state index contributed by atoms with van der Waals surface area (Å²) in [5.41, 5.74) is 0.709. The first-order chi connectivity index (χ1) is 13.9. The Bertz CT molecular complexity index is 787. The van der Waals surface area contributed by atoms with Gasteiger partial charge in [-0.15, -0.1) is 0 Å². The van der Waals surface area contributed by atoms with Crippen molar-refractivity contribution < 1.29 is 23.9 Å². The third kappa shape index (κ3) is 5.76. The summed E-state index contributed by atoms with van der Waals surface area (Å²) in [6.45, 7) is 7.38. The van der Waals surface area contributed by atoms with Crippen molar-refractivity contribution in [3.8, 4) is 11.5 Å². The molecule has 1 fully saturated rings. The summed E-state index contributed by atoms with van der Waals surface area (Å²) in [4.78, 5) is 40.6. The third-order valence-electron chi connectivity index (χ3n) is 4.29. The molecule has 29 heavy (non-hydrogen) atoms. The van der Waals surface area contributed by atoms with Gasteiger partial charge in [0.1, 0.15) is 6.54 Å². The van der Waals surface area contributed by atoms with E-state index in [0.29, 0.717) is 36.8 Å². The van der Waals surface area contributed by atoms with Gasteiger partial charge in [0.25, 0.3) is 11.1 Å². The highest BCUT2D eigenvalue weighted by atomic mass is 32.2. The van der Waals surface area contributed by atoms with Gasteiger partial charge >= 0.3 is 0 Å². The highest BCUT2D eigenvalue weighted by Gasteiger charge is 2.37. The predicted octanol–water partition coefficient (Wildman–Crippen LogP) is 3.78. The molecule has 3 amide bonds. The third-order valence-corrected chi connectivity index (χ3v) is 5.20. The normalized spacial score (nSPS) is 15.2. The Morgan fingerprint density at radius 1 is 1.14 bits per heavy atom. The smallest absolute Gasteiger partial charge is 0.294 e. The van der Waals surface area contributed by atoms with Crippen molar-refractivity contribution >= 4 is 34.9 Å². The molecule has 1 saturated heterocycles. The second-order valence-corrected chi connectivity index (χ2v) is 7.49. The topological polar surface area (TPSA) is 76.2 Å². The molecule has 8 heteroatoms. The van der Waals surface area contributed by atoms with Gasteiger partial charge in [0.05, 0.1) is 18.6 Å². The van der Waals surface area contributed by atoms with E-state index in [-0.39, 0.29) is 17.4 Å². The van der Waals surface area contributed by atoms with Gasteiger partial charge in [-0.3, -0.25) is 19.3 Å². The van der Waals surface area contributed by atoms with Crippen LogP contribution in [0.1, 0.15) is 39.2 Å². The molecule has 2 rings (SSSR count). The Kier molecular flexibility index (Phi) is 8.57. The fourth-order valence-electron chi connectivity index (χ4n) is 2.97. The lowest BCUT2D eigenvalue weighted by Gasteiger charge is -2.23. The van der Waals surface area contributed by atoms with Crippen molar-refractivity contribution in [1.82, 2.24) is 9.80 Å². The number of imide groups is 1. The lowest BCUT2D eigenvalue weighted by atomic mass is 10.2. The second kappa shape index (κ2) is 10.9. The number of ether oxygens (including phenoxy) is 2. The number of nitrogens with zero attached hydrogens (tertiary/aromatic N) is 2. The maximum Gasteiger partial charge on any atom is 0.294 e. The van der Waals surface area contributed by atoms with Crippen LogP contribution in [-0.2, 0) is 9.59 Å². The molecule has 0 N–H and O–H groups in total. The van der Waals surface area contributed by atoms with E-state index in [2.05, 4.69) is 0 Å². The van der Waals surface area contributed by atoms with Crippen LogP contribution in [0, 0.1) is 0 Å². The maximum atomic E-state index is 12.7. The predicted molar refractivity (Wildman–Crippen MR) is 114 cm³/mol. The van der Waals surface area contributed by atoms with Crippen molar-refractivity contribution in [3.63, 3.8) is 0 Å². The first-order valence-electron chi connectivity index (χ1n) is 9.79. The van der Waals surface area contributed by atoms with Gasteiger partial charge in [-0.1, -0.05) is 19.9 Å². The standard InChI is InChI=1S/C21H28N2O5S/c1-5-10-22(11-6-2)19(24)14-23-20(25)18(29-21(23)26)13-15-8-9-16(28-7-3)17(12-15)27-4/h8-9,12-13H,5-7,10-11,14H2,1-4H3/b18-13-. The van der Waals surface area contributed by atoms with Gasteiger partial charge in [0.15, 0.2) is 11.5 Å². The number of benzene rings is 1. The van der Waals surface area contributed by atoms with Crippen molar-refractivity contribution in [1.29, 1.82) is 0 Å². The van der Waals surface area contributed by atoms with E-state index >= 15 is 0 Å². The summed E-state index contributed by atoms with van der Waals surface area (Å²) in [6, 6.07) is 5.29. The highest BCUT2D eigenvalue weighted by Crippen LogP contribution is 2.34. The largest absolute Gasteiger partial charge is 0.493 e. The number of carbonyl (C=O) groups excluding carboxylic acids is 3. The molecule has 1 aliphatic heterocycles. The quantitative estimate of drug-likeness (QED) is 0.536. The summed E-state index contributed by atoms with van der Waals surface area (Å²) in [7, 11) is 1.54. The molecule has 0 bridgehead atoms. The zero-order chi connectivity index (χ0) is 21.4. The van der Waals surface area contributed by atoms with Crippen LogP contribution in [0.4, 0.5) is 4.79 Å². The van der Waals surface area contributed by atoms with E-state index in [1.165, 1.54) is 0 Å². The maximum absolute atomic E-state index is 12.7. The minimum Gasteiger partial charge on any atom is -0.493 e. The Morgan fingerprint density at radius 2 is 1.83 bits per heavy atom. The Balaban J connectivity index is 2.16. The van der Waals surface area contributed by atoms with Crippen LogP contribution in [0.2, 0.25) is 0 Å². The average molecular weight is 421 g/mol. The fraction of sp³-hybridized carbons (Fsp3) is 0.476. The molecule has 0 aliphatic carbocycles. The second-order valence-electron chi connectivity index (χ2n) is 6.49. The zero-order valence-corrected chi connectivity index (χ0v) is 18.2. The Labute approximate surface area is 176 Å². The molecule has 0 spiro atoms. The van der Waals surface area contributed by atoms with E-state index in [1.54, 1.807) is 36.3 Å². The molecule has 0 radical (unpaired) electrons. The number of rotatable bonds is 10. The van der Waals surface area contributed by atoms with E-state index in [1.807, 2.05) is 20.8 Å². The van der Waals surface area contributed by atoms with Gasteiger partial charge in [-0.25, -0.2) is 0 Å². The fourth-order valence-corrected chi connectivity index (χ4v) is 3.81. The Hall–Kier alpha value is -2.48. The van der Waals surface area contributed by atoms with Crippen LogP contribution in [0.25, 0.3) is 6.08 Å². The van der Waals surface area contributed by atoms with E-state index < -0.39 is 11.1 Å². The van der Waals surface area contributed by atoms with Crippen LogP contribution < -0.4 is 9.47 Å². The van der Waals surface area contributed by atoms with Crippen LogP contribution in [0.3, 0.4) is 0 Å². The number of hydrogen-bond acceptors (Lipinski definition) is 6. The molecular weight excluding hydrogens is 392 g/mol. The molecule has 1 heterocycles. The molecule has 1 aromatic carbocycles. The summed E-state index contributed by atoms with van der Waals surface area (Å²) in [5, 5.41) is -0.430. The molecule has 158 valence electrons.